The van der Waals surface area contributed by atoms with E-state index in [1.54, 1.807) is 0 Å². The van der Waals surface area contributed by atoms with Gasteiger partial charge in [0.1, 0.15) is 13.2 Å². The van der Waals surface area contributed by atoms with Gasteiger partial charge in [-0.1, -0.05) is 0 Å². The van der Waals surface area contributed by atoms with Crippen LogP contribution in [0.2, 0.25) is 0 Å². The maximum Gasteiger partial charge on any atom is 0.419 e. The highest BCUT2D eigenvalue weighted by atomic mass is 19.4. The van der Waals surface area contributed by atoms with Gasteiger partial charge in [-0.3, -0.25) is 9.48 Å². The van der Waals surface area contributed by atoms with Crippen LogP contribution >= 0.6 is 0 Å². The van der Waals surface area contributed by atoms with E-state index in [1.165, 1.54) is 7.11 Å². The Kier molecular flexibility index (Phi) is 3.46. The van der Waals surface area contributed by atoms with E-state index in [2.05, 4.69) is 9.84 Å². The second kappa shape index (κ2) is 4.43. The van der Waals surface area contributed by atoms with Crippen LogP contribution < -0.4 is 0 Å². The number of Topliss-reactive ketones (excluding diaryl/α,β-unsaturated/α-hetero) is 1. The fourth-order valence-electron chi connectivity index (χ4n) is 0.984. The maximum absolute atomic E-state index is 12.1. The van der Waals surface area contributed by atoms with E-state index in [1.807, 2.05) is 0 Å². The minimum absolute atomic E-state index is 0.138. The molecule has 0 saturated carbocycles. The van der Waals surface area contributed by atoms with Crippen LogP contribution in [0, 0.1) is 0 Å². The first-order valence-corrected chi connectivity index (χ1v) is 4.04. The predicted molar refractivity (Wildman–Crippen MR) is 44.1 cm³/mol. The standard InChI is InChI=1S/C8H9F3N2O2/c1-15-5-7(14)4-13-3-6(2-12-13)8(9,10)11/h2-3H,4-5H2,1H3. The van der Waals surface area contributed by atoms with Gasteiger partial charge >= 0.3 is 6.18 Å². The van der Waals surface area contributed by atoms with Gasteiger partial charge in [0.2, 0.25) is 0 Å². The van der Waals surface area contributed by atoms with Crippen molar-refractivity contribution < 1.29 is 22.7 Å². The summed E-state index contributed by atoms with van der Waals surface area (Å²) in [6.45, 7) is -0.356. The van der Waals surface area contributed by atoms with Gasteiger partial charge in [0.25, 0.3) is 0 Å². The molecule has 1 rings (SSSR count). The molecule has 7 heteroatoms. The number of methoxy groups -OCH3 is 1. The van der Waals surface area contributed by atoms with Crippen molar-refractivity contribution in [3.05, 3.63) is 18.0 Å². The number of alkyl halides is 3. The van der Waals surface area contributed by atoms with E-state index in [0.29, 0.717) is 6.20 Å². The zero-order valence-corrected chi connectivity index (χ0v) is 7.91. The van der Waals surface area contributed by atoms with E-state index < -0.39 is 11.7 Å². The molecule has 1 heterocycles. The van der Waals surface area contributed by atoms with Crippen molar-refractivity contribution in [2.75, 3.05) is 13.7 Å². The second-order valence-electron chi connectivity index (χ2n) is 2.90. The minimum atomic E-state index is -4.43. The van der Waals surface area contributed by atoms with Crippen LogP contribution in [0.15, 0.2) is 12.4 Å². The number of halogens is 3. The van der Waals surface area contributed by atoms with Crippen molar-refractivity contribution in [3.8, 4) is 0 Å². The van der Waals surface area contributed by atoms with Gasteiger partial charge in [-0.2, -0.15) is 18.3 Å². The monoisotopic (exact) mass is 222 g/mol. The third-order valence-electron chi connectivity index (χ3n) is 1.60. The molecule has 0 bridgehead atoms. The van der Waals surface area contributed by atoms with Gasteiger partial charge in [-0.05, 0) is 0 Å². The largest absolute Gasteiger partial charge is 0.419 e. The second-order valence-corrected chi connectivity index (χ2v) is 2.90. The number of hydrogen-bond acceptors (Lipinski definition) is 3. The number of carbonyl (C=O) groups excluding carboxylic acids is 1. The molecule has 84 valence electrons. The Hall–Kier alpha value is -1.37. The van der Waals surface area contributed by atoms with Crippen LogP contribution in [-0.4, -0.2) is 29.3 Å². The average Bonchev–Trinajstić information content (AvgIpc) is 2.52. The smallest absolute Gasteiger partial charge is 0.377 e. The highest BCUT2D eigenvalue weighted by Crippen LogP contribution is 2.28. The number of aromatic nitrogens is 2. The zero-order chi connectivity index (χ0) is 11.5. The molecule has 1 aromatic heterocycles. The van der Waals surface area contributed by atoms with Gasteiger partial charge in [-0.15, -0.1) is 0 Å². The molecule has 0 radical (unpaired) electrons. The van der Waals surface area contributed by atoms with Crippen molar-refractivity contribution in [2.45, 2.75) is 12.7 Å². The predicted octanol–water partition coefficient (Wildman–Crippen LogP) is 1.12. The van der Waals surface area contributed by atoms with Crippen molar-refractivity contribution in [1.29, 1.82) is 0 Å². The molecule has 0 unspecified atom stereocenters. The van der Waals surface area contributed by atoms with E-state index in [-0.39, 0.29) is 18.9 Å². The van der Waals surface area contributed by atoms with Gasteiger partial charge in [0, 0.05) is 13.3 Å². The highest BCUT2D eigenvalue weighted by molar-refractivity contribution is 5.79. The normalized spacial score (nSPS) is 11.7. The molecule has 15 heavy (non-hydrogen) atoms. The molecule has 0 aliphatic rings. The summed E-state index contributed by atoms with van der Waals surface area (Å²) in [7, 11) is 1.34. The third kappa shape index (κ3) is 3.35. The SMILES string of the molecule is COCC(=O)Cn1cc(C(F)(F)F)cn1. The Bertz CT molecular complexity index is 346. The first-order valence-electron chi connectivity index (χ1n) is 4.04. The summed E-state index contributed by atoms with van der Waals surface area (Å²) < 4.78 is 41.8. The molecule has 0 atom stereocenters. The first-order chi connectivity index (χ1) is 6.93. The lowest BCUT2D eigenvalue weighted by atomic mass is 10.3. The lowest BCUT2D eigenvalue weighted by Gasteiger charge is -2.01. The lowest BCUT2D eigenvalue weighted by Crippen LogP contribution is -2.15. The van der Waals surface area contributed by atoms with E-state index >= 15 is 0 Å². The van der Waals surface area contributed by atoms with Crippen molar-refractivity contribution in [3.63, 3.8) is 0 Å². The number of carbonyl (C=O) groups is 1. The summed E-state index contributed by atoms with van der Waals surface area (Å²) in [4.78, 5) is 11.0. The topological polar surface area (TPSA) is 44.1 Å². The molecule has 0 N–H and O–H groups in total. The Balaban J connectivity index is 2.65. The minimum Gasteiger partial charge on any atom is -0.377 e. The Morgan fingerprint density at radius 2 is 2.27 bits per heavy atom. The number of rotatable bonds is 4. The molecule has 0 fully saturated rings. The van der Waals surface area contributed by atoms with Gasteiger partial charge in [0.05, 0.1) is 11.8 Å². The molecule has 0 aliphatic heterocycles. The molecule has 0 aliphatic carbocycles. The molecule has 4 nitrogen and oxygen atoms in total. The Morgan fingerprint density at radius 3 is 2.73 bits per heavy atom. The molecule has 0 aromatic carbocycles. The summed E-state index contributed by atoms with van der Waals surface area (Å²) in [5.41, 5.74) is -0.868. The lowest BCUT2D eigenvalue weighted by molar-refractivity contribution is -0.137. The maximum atomic E-state index is 12.1. The van der Waals surface area contributed by atoms with Crippen molar-refractivity contribution in [1.82, 2.24) is 9.78 Å². The van der Waals surface area contributed by atoms with E-state index in [4.69, 9.17) is 0 Å². The van der Waals surface area contributed by atoms with Crippen LogP contribution in [0.4, 0.5) is 13.2 Å². The van der Waals surface area contributed by atoms with Crippen LogP contribution in [0.3, 0.4) is 0 Å². The van der Waals surface area contributed by atoms with Crippen molar-refractivity contribution in [2.24, 2.45) is 0 Å². The molecular formula is C8H9F3N2O2. The number of ketones is 1. The van der Waals surface area contributed by atoms with E-state index in [0.717, 1.165) is 10.9 Å². The van der Waals surface area contributed by atoms with Gasteiger partial charge < -0.3 is 4.74 Å². The summed E-state index contributed by atoms with van der Waals surface area (Å²) in [5.74, 6) is -0.339. The first kappa shape index (κ1) is 11.7. The number of hydrogen-bond donors (Lipinski definition) is 0. The van der Waals surface area contributed by atoms with E-state index in [9.17, 15) is 18.0 Å². The molecule has 0 saturated heterocycles. The highest BCUT2D eigenvalue weighted by Gasteiger charge is 2.32. The van der Waals surface area contributed by atoms with Crippen LogP contribution in [0.25, 0.3) is 0 Å². The summed E-state index contributed by atoms with van der Waals surface area (Å²) in [6.07, 6.45) is -2.96. The van der Waals surface area contributed by atoms with Crippen LogP contribution in [0.5, 0.6) is 0 Å². The molecule has 0 spiro atoms. The van der Waals surface area contributed by atoms with Gasteiger partial charge in [-0.25, -0.2) is 0 Å². The zero-order valence-electron chi connectivity index (χ0n) is 7.91. The molecular weight excluding hydrogens is 213 g/mol. The van der Waals surface area contributed by atoms with Crippen LogP contribution in [0.1, 0.15) is 5.56 Å². The fraction of sp³-hybridized carbons (Fsp3) is 0.500. The summed E-state index contributed by atoms with van der Waals surface area (Å²) >= 11 is 0. The summed E-state index contributed by atoms with van der Waals surface area (Å²) in [6, 6.07) is 0. The molecule has 0 amide bonds. The Labute approximate surface area is 83.6 Å². The van der Waals surface area contributed by atoms with Crippen LogP contribution in [-0.2, 0) is 22.3 Å². The number of ether oxygens (including phenoxy) is 1. The quantitative estimate of drug-likeness (QED) is 0.766. The number of nitrogens with zero attached hydrogens (tertiary/aromatic N) is 2. The Morgan fingerprint density at radius 1 is 1.60 bits per heavy atom. The summed E-state index contributed by atoms with van der Waals surface area (Å²) in [5, 5.41) is 3.43. The van der Waals surface area contributed by atoms with Gasteiger partial charge in [0.15, 0.2) is 5.78 Å². The molecule has 1 aromatic rings. The van der Waals surface area contributed by atoms with Crippen molar-refractivity contribution >= 4 is 5.78 Å². The average molecular weight is 222 g/mol. The fourth-order valence-corrected chi connectivity index (χ4v) is 0.984. The third-order valence-corrected chi connectivity index (χ3v) is 1.60.